The third-order valence-electron chi connectivity index (χ3n) is 5.01. The number of hydrogen-bond acceptors (Lipinski definition) is 2. The second kappa shape index (κ2) is 7.71. The van der Waals surface area contributed by atoms with Crippen LogP contribution in [0.1, 0.15) is 21.5 Å². The Kier molecular flexibility index (Phi) is 5.08. The molecule has 4 rings (SSSR count). The number of aromatic nitrogens is 1. The number of rotatable bonds is 4. The maximum Gasteiger partial charge on any atom is 0.416 e. The van der Waals surface area contributed by atoms with Gasteiger partial charge in [0.05, 0.1) is 29.4 Å². The molecule has 0 unspecified atom stereocenters. The quantitative estimate of drug-likeness (QED) is 0.378. The Hall–Kier alpha value is -3.54. The number of esters is 1. The summed E-state index contributed by atoms with van der Waals surface area (Å²) < 4.78 is 47.0. The summed E-state index contributed by atoms with van der Waals surface area (Å²) in [6.45, 7) is 0.305. The van der Waals surface area contributed by atoms with E-state index in [4.69, 9.17) is 4.74 Å². The number of carbonyl (C=O) groups excluding carboxylic acids is 1. The van der Waals surface area contributed by atoms with Gasteiger partial charge in [-0.15, -0.1) is 0 Å². The summed E-state index contributed by atoms with van der Waals surface area (Å²) in [5.74, 6) is -0.592. The standard InChI is InChI=1S/C24H18F3NO2/c1-30-23(29)21-19-13-12-18(24(25,26)27)14-20(19)28(15-16-8-4-2-5-9-16)22(21)17-10-6-3-7-11-17/h2-14H,15H2,1H3. The number of halogens is 3. The largest absolute Gasteiger partial charge is 0.465 e. The minimum atomic E-state index is -4.49. The molecule has 0 aliphatic carbocycles. The first kappa shape index (κ1) is 19.8. The van der Waals surface area contributed by atoms with E-state index in [2.05, 4.69) is 0 Å². The third-order valence-corrected chi connectivity index (χ3v) is 5.01. The third kappa shape index (κ3) is 3.56. The fraction of sp³-hybridized carbons (Fsp3) is 0.125. The maximum absolute atomic E-state index is 13.4. The summed E-state index contributed by atoms with van der Waals surface area (Å²) in [6.07, 6.45) is -4.49. The molecule has 4 aromatic rings. The van der Waals surface area contributed by atoms with E-state index in [0.717, 1.165) is 23.3 Å². The zero-order valence-electron chi connectivity index (χ0n) is 16.1. The Bertz CT molecular complexity index is 1200. The Labute approximate surface area is 171 Å². The molecule has 0 bridgehead atoms. The lowest BCUT2D eigenvalue weighted by Gasteiger charge is -2.13. The van der Waals surface area contributed by atoms with E-state index in [0.29, 0.717) is 23.1 Å². The van der Waals surface area contributed by atoms with Crippen LogP contribution in [0.2, 0.25) is 0 Å². The molecule has 3 nitrogen and oxygen atoms in total. The molecule has 3 aromatic carbocycles. The summed E-state index contributed by atoms with van der Waals surface area (Å²) in [5.41, 5.74) is 1.97. The Morgan fingerprint density at radius 2 is 1.57 bits per heavy atom. The van der Waals surface area contributed by atoms with E-state index in [1.165, 1.54) is 13.2 Å². The van der Waals surface area contributed by atoms with E-state index >= 15 is 0 Å². The van der Waals surface area contributed by atoms with Gasteiger partial charge >= 0.3 is 12.1 Å². The highest BCUT2D eigenvalue weighted by atomic mass is 19.4. The van der Waals surface area contributed by atoms with Crippen LogP contribution in [-0.2, 0) is 17.5 Å². The summed E-state index contributed by atoms with van der Waals surface area (Å²) in [5, 5.41) is 0.421. The number of hydrogen-bond donors (Lipinski definition) is 0. The predicted molar refractivity (Wildman–Crippen MR) is 109 cm³/mol. The number of carbonyl (C=O) groups is 1. The molecule has 0 fully saturated rings. The molecule has 1 heterocycles. The normalized spacial score (nSPS) is 11.6. The Balaban J connectivity index is 2.08. The minimum Gasteiger partial charge on any atom is -0.465 e. The zero-order chi connectivity index (χ0) is 21.3. The number of methoxy groups -OCH3 is 1. The van der Waals surface area contributed by atoms with Crippen molar-refractivity contribution < 1.29 is 22.7 Å². The van der Waals surface area contributed by atoms with Crippen LogP contribution in [-0.4, -0.2) is 17.6 Å². The molecule has 0 N–H and O–H groups in total. The number of alkyl halides is 3. The Morgan fingerprint density at radius 1 is 0.933 bits per heavy atom. The van der Waals surface area contributed by atoms with Gasteiger partial charge < -0.3 is 9.30 Å². The van der Waals surface area contributed by atoms with Gasteiger partial charge in [0.25, 0.3) is 0 Å². The van der Waals surface area contributed by atoms with Crippen LogP contribution in [0.3, 0.4) is 0 Å². The molecule has 0 saturated heterocycles. The smallest absolute Gasteiger partial charge is 0.416 e. The molecular formula is C24H18F3NO2. The van der Waals surface area contributed by atoms with E-state index in [1.807, 2.05) is 60.7 Å². The van der Waals surface area contributed by atoms with Gasteiger partial charge in [-0.05, 0) is 23.3 Å². The van der Waals surface area contributed by atoms with Crippen molar-refractivity contribution in [1.82, 2.24) is 4.57 Å². The molecule has 0 atom stereocenters. The second-order valence-corrected chi connectivity index (χ2v) is 6.88. The highest BCUT2D eigenvalue weighted by Crippen LogP contribution is 2.38. The van der Waals surface area contributed by atoms with Crippen molar-refractivity contribution in [3.05, 3.63) is 95.6 Å². The fourth-order valence-electron chi connectivity index (χ4n) is 3.66. The first-order chi connectivity index (χ1) is 14.4. The van der Waals surface area contributed by atoms with Crippen molar-refractivity contribution in [3.8, 4) is 11.3 Å². The summed E-state index contributed by atoms with van der Waals surface area (Å²) >= 11 is 0. The van der Waals surface area contributed by atoms with Gasteiger partial charge in [0.2, 0.25) is 0 Å². The number of benzene rings is 3. The van der Waals surface area contributed by atoms with E-state index < -0.39 is 17.7 Å². The fourth-order valence-corrected chi connectivity index (χ4v) is 3.66. The van der Waals surface area contributed by atoms with Crippen molar-refractivity contribution in [2.45, 2.75) is 12.7 Å². The van der Waals surface area contributed by atoms with Gasteiger partial charge in [-0.25, -0.2) is 4.79 Å². The minimum absolute atomic E-state index is 0.253. The van der Waals surface area contributed by atoms with Gasteiger partial charge in [0, 0.05) is 11.9 Å². The van der Waals surface area contributed by atoms with Gasteiger partial charge in [-0.2, -0.15) is 13.2 Å². The molecule has 6 heteroatoms. The van der Waals surface area contributed by atoms with Crippen molar-refractivity contribution >= 4 is 16.9 Å². The average Bonchev–Trinajstić information content (AvgIpc) is 3.07. The second-order valence-electron chi connectivity index (χ2n) is 6.88. The molecule has 0 radical (unpaired) electrons. The average molecular weight is 409 g/mol. The van der Waals surface area contributed by atoms with Crippen molar-refractivity contribution in [1.29, 1.82) is 0 Å². The predicted octanol–water partition coefficient (Wildman–Crippen LogP) is 6.16. The van der Waals surface area contributed by atoms with Gasteiger partial charge in [-0.3, -0.25) is 0 Å². The maximum atomic E-state index is 13.4. The first-order valence-corrected chi connectivity index (χ1v) is 9.31. The number of fused-ring (bicyclic) bond motifs is 1. The van der Waals surface area contributed by atoms with Gasteiger partial charge in [0.1, 0.15) is 0 Å². The van der Waals surface area contributed by atoms with Gasteiger partial charge in [0.15, 0.2) is 0 Å². The summed E-state index contributed by atoms with van der Waals surface area (Å²) in [4.78, 5) is 12.7. The molecule has 0 aliphatic heterocycles. The van der Waals surface area contributed by atoms with Crippen molar-refractivity contribution in [3.63, 3.8) is 0 Å². The summed E-state index contributed by atoms with van der Waals surface area (Å²) in [7, 11) is 1.27. The molecule has 0 aliphatic rings. The highest BCUT2D eigenvalue weighted by Gasteiger charge is 2.32. The highest BCUT2D eigenvalue weighted by molar-refractivity contribution is 6.10. The van der Waals surface area contributed by atoms with Crippen molar-refractivity contribution in [2.75, 3.05) is 7.11 Å². The SMILES string of the molecule is COC(=O)c1c(-c2ccccc2)n(Cc2ccccc2)c2cc(C(F)(F)F)ccc12. The molecule has 0 saturated carbocycles. The molecular weight excluding hydrogens is 391 g/mol. The van der Waals surface area contributed by atoms with Crippen LogP contribution >= 0.6 is 0 Å². The van der Waals surface area contributed by atoms with Crippen molar-refractivity contribution in [2.24, 2.45) is 0 Å². The van der Waals surface area contributed by atoms with E-state index in [-0.39, 0.29) is 5.56 Å². The molecule has 1 aromatic heterocycles. The molecule has 0 spiro atoms. The monoisotopic (exact) mass is 409 g/mol. The van der Waals surface area contributed by atoms with E-state index in [9.17, 15) is 18.0 Å². The van der Waals surface area contributed by atoms with Gasteiger partial charge in [-0.1, -0.05) is 66.7 Å². The van der Waals surface area contributed by atoms with Crippen LogP contribution in [0.25, 0.3) is 22.2 Å². The number of ether oxygens (including phenoxy) is 1. The van der Waals surface area contributed by atoms with E-state index in [1.54, 1.807) is 4.57 Å². The zero-order valence-corrected chi connectivity index (χ0v) is 16.1. The topological polar surface area (TPSA) is 31.2 Å². The summed E-state index contributed by atoms with van der Waals surface area (Å²) in [6, 6.07) is 22.0. The lowest BCUT2D eigenvalue weighted by Crippen LogP contribution is -2.07. The van der Waals surface area contributed by atoms with Crippen LogP contribution < -0.4 is 0 Å². The molecule has 30 heavy (non-hydrogen) atoms. The first-order valence-electron chi connectivity index (χ1n) is 9.31. The lowest BCUT2D eigenvalue weighted by molar-refractivity contribution is -0.137. The molecule has 152 valence electrons. The lowest BCUT2D eigenvalue weighted by atomic mass is 10.0. The molecule has 0 amide bonds. The van der Waals surface area contributed by atoms with Crippen LogP contribution in [0, 0.1) is 0 Å². The van der Waals surface area contributed by atoms with Crippen LogP contribution in [0.4, 0.5) is 13.2 Å². The van der Waals surface area contributed by atoms with Crippen LogP contribution in [0.15, 0.2) is 78.9 Å². The Morgan fingerprint density at radius 3 is 2.17 bits per heavy atom. The number of nitrogens with zero attached hydrogens (tertiary/aromatic N) is 1. The van der Waals surface area contributed by atoms with Crippen LogP contribution in [0.5, 0.6) is 0 Å².